The van der Waals surface area contributed by atoms with Crippen molar-refractivity contribution >= 4 is 17.7 Å². The van der Waals surface area contributed by atoms with E-state index in [1.807, 2.05) is 30.0 Å². The van der Waals surface area contributed by atoms with Gasteiger partial charge in [0.2, 0.25) is 11.8 Å². The third-order valence-electron chi connectivity index (χ3n) is 5.40. The van der Waals surface area contributed by atoms with E-state index in [2.05, 4.69) is 10.6 Å². The molecule has 27 heavy (non-hydrogen) atoms. The minimum atomic E-state index is -0.567. The van der Waals surface area contributed by atoms with Gasteiger partial charge in [-0.05, 0) is 50.2 Å². The average molecular weight is 371 g/mol. The summed E-state index contributed by atoms with van der Waals surface area (Å²) >= 11 is 0. The first-order valence-electron chi connectivity index (χ1n) is 10.0. The predicted octanol–water partition coefficient (Wildman–Crippen LogP) is 1.96. The van der Waals surface area contributed by atoms with E-state index in [1.165, 1.54) is 0 Å². The maximum atomic E-state index is 12.7. The zero-order valence-electron chi connectivity index (χ0n) is 15.9. The lowest BCUT2D eigenvalue weighted by Crippen LogP contribution is -2.54. The molecular formula is C21H29N3O3. The third kappa shape index (κ3) is 5.08. The Bertz CT molecular complexity index is 665. The number of hydrogen-bond donors (Lipinski definition) is 2. The number of amides is 3. The number of hydrogen-bond acceptors (Lipinski definition) is 3. The maximum Gasteiger partial charge on any atom is 0.251 e. The van der Waals surface area contributed by atoms with Crippen molar-refractivity contribution in [2.45, 2.75) is 45.1 Å². The van der Waals surface area contributed by atoms with Crippen LogP contribution < -0.4 is 10.6 Å². The molecule has 1 saturated heterocycles. The number of benzene rings is 1. The Balaban J connectivity index is 1.63. The molecule has 146 valence electrons. The Morgan fingerprint density at radius 3 is 2.33 bits per heavy atom. The van der Waals surface area contributed by atoms with E-state index in [-0.39, 0.29) is 29.6 Å². The molecule has 0 radical (unpaired) electrons. The molecule has 1 aliphatic heterocycles. The van der Waals surface area contributed by atoms with Crippen LogP contribution in [-0.2, 0) is 9.59 Å². The molecule has 2 N–H and O–H groups in total. The molecule has 0 spiro atoms. The fourth-order valence-corrected chi connectivity index (χ4v) is 3.61. The molecule has 0 bridgehead atoms. The predicted molar refractivity (Wildman–Crippen MR) is 103 cm³/mol. The van der Waals surface area contributed by atoms with Crippen molar-refractivity contribution in [2.24, 2.45) is 11.8 Å². The van der Waals surface area contributed by atoms with Gasteiger partial charge in [0.15, 0.2) is 0 Å². The third-order valence-corrected chi connectivity index (χ3v) is 5.40. The van der Waals surface area contributed by atoms with Crippen molar-refractivity contribution in [3.8, 4) is 0 Å². The highest BCUT2D eigenvalue weighted by molar-refractivity contribution is 5.97. The van der Waals surface area contributed by atoms with E-state index < -0.39 is 6.04 Å². The summed E-state index contributed by atoms with van der Waals surface area (Å²) in [5, 5.41) is 5.85. The smallest absolute Gasteiger partial charge is 0.251 e. The van der Waals surface area contributed by atoms with E-state index in [0.29, 0.717) is 25.2 Å². The van der Waals surface area contributed by atoms with Gasteiger partial charge in [0.05, 0.1) is 0 Å². The average Bonchev–Trinajstić information content (AvgIpc) is 3.55. The van der Waals surface area contributed by atoms with Crippen molar-refractivity contribution in [3.63, 3.8) is 0 Å². The van der Waals surface area contributed by atoms with Crippen molar-refractivity contribution in [1.29, 1.82) is 0 Å². The molecular weight excluding hydrogens is 342 g/mol. The van der Waals surface area contributed by atoms with Gasteiger partial charge >= 0.3 is 0 Å². The molecule has 1 atom stereocenters. The Labute approximate surface area is 160 Å². The Hall–Kier alpha value is -2.37. The molecule has 6 nitrogen and oxygen atoms in total. The van der Waals surface area contributed by atoms with Crippen LogP contribution in [0.1, 0.15) is 49.4 Å². The Kier molecular flexibility index (Phi) is 6.48. The lowest BCUT2D eigenvalue weighted by Gasteiger charge is -2.36. The molecule has 1 aliphatic carbocycles. The highest BCUT2D eigenvalue weighted by atomic mass is 16.2. The molecule has 3 rings (SSSR count). The number of nitrogens with one attached hydrogen (secondary N) is 2. The highest BCUT2D eigenvalue weighted by Crippen LogP contribution is 2.33. The molecule has 1 unspecified atom stereocenters. The number of piperidine rings is 1. The standard InChI is InChI=1S/C21H29N3O3/c1-2-12-22-20(26)18(23-19(25)16-6-4-3-5-7-16)15-10-13-24(14-11-15)21(27)17-8-9-17/h3-7,15,17-18H,2,8-14H2,1H3,(H,22,26)(H,23,25). The molecule has 1 heterocycles. The van der Waals surface area contributed by atoms with Gasteiger partial charge in [0.1, 0.15) is 6.04 Å². The zero-order chi connectivity index (χ0) is 19.2. The van der Waals surface area contributed by atoms with Gasteiger partial charge in [0, 0.05) is 31.1 Å². The zero-order valence-corrected chi connectivity index (χ0v) is 15.9. The van der Waals surface area contributed by atoms with Crippen LogP contribution in [0.4, 0.5) is 0 Å². The summed E-state index contributed by atoms with van der Waals surface area (Å²) in [5.74, 6) is 0.159. The van der Waals surface area contributed by atoms with Crippen LogP contribution in [0.25, 0.3) is 0 Å². The van der Waals surface area contributed by atoms with Gasteiger partial charge in [-0.25, -0.2) is 0 Å². The first-order chi connectivity index (χ1) is 13.1. The van der Waals surface area contributed by atoms with Crippen LogP contribution >= 0.6 is 0 Å². The molecule has 0 aromatic heterocycles. The molecule has 3 amide bonds. The number of carbonyl (C=O) groups excluding carboxylic acids is 3. The topological polar surface area (TPSA) is 78.5 Å². The van der Waals surface area contributed by atoms with E-state index in [1.54, 1.807) is 12.1 Å². The molecule has 2 aliphatic rings. The minimum Gasteiger partial charge on any atom is -0.354 e. The fourth-order valence-electron chi connectivity index (χ4n) is 3.61. The number of rotatable bonds is 7. The Morgan fingerprint density at radius 2 is 1.74 bits per heavy atom. The number of carbonyl (C=O) groups is 3. The van der Waals surface area contributed by atoms with Crippen molar-refractivity contribution in [3.05, 3.63) is 35.9 Å². The molecule has 1 aromatic rings. The second kappa shape index (κ2) is 9.02. The summed E-state index contributed by atoms with van der Waals surface area (Å²) < 4.78 is 0. The summed E-state index contributed by atoms with van der Waals surface area (Å²) in [6.07, 6.45) is 4.33. The van der Waals surface area contributed by atoms with Gasteiger partial charge in [0.25, 0.3) is 5.91 Å². The minimum absolute atomic E-state index is 0.0396. The van der Waals surface area contributed by atoms with Crippen LogP contribution in [-0.4, -0.2) is 48.3 Å². The van der Waals surface area contributed by atoms with E-state index in [0.717, 1.165) is 32.1 Å². The Morgan fingerprint density at radius 1 is 1.07 bits per heavy atom. The molecule has 1 aromatic carbocycles. The van der Waals surface area contributed by atoms with E-state index in [9.17, 15) is 14.4 Å². The summed E-state index contributed by atoms with van der Waals surface area (Å²) in [5.41, 5.74) is 0.548. The number of likely N-dealkylation sites (tertiary alicyclic amines) is 1. The summed E-state index contributed by atoms with van der Waals surface area (Å²) in [7, 11) is 0. The second-order valence-electron chi connectivity index (χ2n) is 7.55. The second-order valence-corrected chi connectivity index (χ2v) is 7.55. The number of nitrogens with zero attached hydrogens (tertiary/aromatic N) is 1. The molecule has 1 saturated carbocycles. The molecule has 6 heteroatoms. The van der Waals surface area contributed by atoms with Gasteiger partial charge in [-0.15, -0.1) is 0 Å². The first kappa shape index (κ1) is 19.4. The first-order valence-corrected chi connectivity index (χ1v) is 10.0. The maximum absolute atomic E-state index is 12.7. The van der Waals surface area contributed by atoms with E-state index >= 15 is 0 Å². The van der Waals surface area contributed by atoms with Gasteiger partial charge in [-0.1, -0.05) is 25.1 Å². The quantitative estimate of drug-likeness (QED) is 0.769. The lowest BCUT2D eigenvalue weighted by atomic mass is 9.88. The van der Waals surface area contributed by atoms with E-state index in [4.69, 9.17) is 0 Å². The summed E-state index contributed by atoms with van der Waals surface area (Å²) in [4.78, 5) is 39.5. The SMILES string of the molecule is CCCNC(=O)C(NC(=O)c1ccccc1)C1CCN(C(=O)C2CC2)CC1. The van der Waals surface area contributed by atoms with Gasteiger partial charge in [-0.2, -0.15) is 0 Å². The summed E-state index contributed by atoms with van der Waals surface area (Å²) in [6, 6.07) is 8.39. The van der Waals surface area contributed by atoms with Crippen molar-refractivity contribution < 1.29 is 14.4 Å². The lowest BCUT2D eigenvalue weighted by molar-refractivity contribution is -0.134. The van der Waals surface area contributed by atoms with Crippen molar-refractivity contribution in [2.75, 3.05) is 19.6 Å². The van der Waals surface area contributed by atoms with Gasteiger partial charge in [-0.3, -0.25) is 14.4 Å². The molecule has 2 fully saturated rings. The van der Waals surface area contributed by atoms with Crippen LogP contribution in [0.3, 0.4) is 0 Å². The van der Waals surface area contributed by atoms with Crippen LogP contribution in [0.2, 0.25) is 0 Å². The van der Waals surface area contributed by atoms with Crippen LogP contribution in [0.15, 0.2) is 30.3 Å². The van der Waals surface area contributed by atoms with Crippen LogP contribution in [0.5, 0.6) is 0 Å². The monoisotopic (exact) mass is 371 g/mol. The fraction of sp³-hybridized carbons (Fsp3) is 0.571. The van der Waals surface area contributed by atoms with Crippen molar-refractivity contribution in [1.82, 2.24) is 15.5 Å². The normalized spacial score (nSPS) is 18.6. The highest BCUT2D eigenvalue weighted by Gasteiger charge is 2.38. The van der Waals surface area contributed by atoms with Crippen LogP contribution in [0, 0.1) is 11.8 Å². The van der Waals surface area contributed by atoms with Gasteiger partial charge < -0.3 is 15.5 Å². The largest absolute Gasteiger partial charge is 0.354 e. The summed E-state index contributed by atoms with van der Waals surface area (Å²) in [6.45, 7) is 3.92.